The molecule has 3 aromatic rings. The van der Waals surface area contributed by atoms with Gasteiger partial charge in [-0.3, -0.25) is 4.90 Å². The SMILES string of the molecule is CCN(CC)C(CC1CCC(C(c2ccc(F)cc2)N(C)C)CC1)c1nc(Cc2ccccc2)c(N2CCCC(C)C2)o1. The number of halogens is 1. The second-order valence-electron chi connectivity index (χ2n) is 13.4. The van der Waals surface area contributed by atoms with Crippen LogP contribution in [0.2, 0.25) is 0 Å². The van der Waals surface area contributed by atoms with Crippen molar-refractivity contribution in [1.29, 1.82) is 0 Å². The molecule has 1 saturated heterocycles. The fourth-order valence-electron chi connectivity index (χ4n) is 7.81. The van der Waals surface area contributed by atoms with Gasteiger partial charge in [0.15, 0.2) is 0 Å². The highest BCUT2D eigenvalue weighted by Gasteiger charge is 2.34. The number of aromatic nitrogens is 1. The van der Waals surface area contributed by atoms with E-state index in [2.05, 4.69) is 79.9 Å². The molecular weight excluding hydrogens is 535 g/mol. The van der Waals surface area contributed by atoms with Crippen LogP contribution in [0.15, 0.2) is 59.0 Å². The first-order valence-electron chi connectivity index (χ1n) is 16.8. The second kappa shape index (κ2) is 14.9. The Balaban J connectivity index is 1.35. The summed E-state index contributed by atoms with van der Waals surface area (Å²) >= 11 is 0. The largest absolute Gasteiger partial charge is 0.423 e. The lowest BCUT2D eigenvalue weighted by Crippen LogP contribution is -2.34. The first-order chi connectivity index (χ1) is 20.9. The van der Waals surface area contributed by atoms with Gasteiger partial charge >= 0.3 is 0 Å². The maximum atomic E-state index is 13.7. The lowest BCUT2D eigenvalue weighted by molar-refractivity contribution is 0.112. The molecule has 1 saturated carbocycles. The van der Waals surface area contributed by atoms with Gasteiger partial charge in [-0.15, -0.1) is 0 Å². The van der Waals surface area contributed by atoms with E-state index in [1.54, 1.807) is 12.1 Å². The van der Waals surface area contributed by atoms with Crippen molar-refractivity contribution in [3.63, 3.8) is 0 Å². The van der Waals surface area contributed by atoms with Gasteiger partial charge in [-0.05, 0) is 100 Å². The van der Waals surface area contributed by atoms with E-state index in [1.807, 2.05) is 12.1 Å². The zero-order chi connectivity index (χ0) is 30.3. The van der Waals surface area contributed by atoms with E-state index in [-0.39, 0.29) is 11.9 Å². The summed E-state index contributed by atoms with van der Waals surface area (Å²) in [5.41, 5.74) is 3.59. The summed E-state index contributed by atoms with van der Waals surface area (Å²) in [5, 5.41) is 0. The lowest BCUT2D eigenvalue weighted by Gasteiger charge is -2.39. The van der Waals surface area contributed by atoms with Crippen LogP contribution in [0.25, 0.3) is 0 Å². The molecule has 2 heterocycles. The Kier molecular flexibility index (Phi) is 11.0. The molecule has 234 valence electrons. The predicted molar refractivity (Wildman–Crippen MR) is 175 cm³/mol. The van der Waals surface area contributed by atoms with Gasteiger partial charge in [0.2, 0.25) is 11.8 Å². The molecule has 2 fully saturated rings. The summed E-state index contributed by atoms with van der Waals surface area (Å²) in [6.45, 7) is 10.9. The van der Waals surface area contributed by atoms with Crippen molar-refractivity contribution in [3.8, 4) is 0 Å². The minimum atomic E-state index is -0.163. The highest BCUT2D eigenvalue weighted by molar-refractivity contribution is 5.44. The number of oxazole rings is 1. The molecule has 5 rings (SSSR count). The van der Waals surface area contributed by atoms with Crippen LogP contribution >= 0.6 is 0 Å². The molecule has 2 aromatic carbocycles. The van der Waals surface area contributed by atoms with Crippen LogP contribution in [-0.2, 0) is 6.42 Å². The van der Waals surface area contributed by atoms with E-state index in [1.165, 1.54) is 49.7 Å². The van der Waals surface area contributed by atoms with Crippen LogP contribution in [0.3, 0.4) is 0 Å². The highest BCUT2D eigenvalue weighted by atomic mass is 19.1. The molecule has 43 heavy (non-hydrogen) atoms. The standard InChI is InChI=1S/C37H53FN4O/c1-6-41(7-2)34(25-29-15-17-30(18-16-29)35(40(4)5)31-19-21-32(38)22-20-31)36-39-33(24-28-13-9-8-10-14-28)37(43-36)42-23-11-12-27(3)26-42/h8-10,13-14,19-22,27,29-30,34-35H,6-7,11-12,15-18,23-26H2,1-5H3. The molecule has 0 N–H and O–H groups in total. The summed E-state index contributed by atoms with van der Waals surface area (Å²) in [6, 6.07) is 18.4. The van der Waals surface area contributed by atoms with Crippen molar-refractivity contribution in [2.75, 3.05) is 45.2 Å². The lowest BCUT2D eigenvalue weighted by atomic mass is 9.74. The zero-order valence-electron chi connectivity index (χ0n) is 27.1. The smallest absolute Gasteiger partial charge is 0.220 e. The first-order valence-corrected chi connectivity index (χ1v) is 16.8. The molecule has 1 aromatic heterocycles. The highest BCUT2D eigenvalue weighted by Crippen LogP contribution is 2.43. The average molecular weight is 589 g/mol. The summed E-state index contributed by atoms with van der Waals surface area (Å²) < 4.78 is 20.5. The Bertz CT molecular complexity index is 1250. The van der Waals surface area contributed by atoms with Crippen molar-refractivity contribution in [2.24, 2.45) is 17.8 Å². The van der Waals surface area contributed by atoms with E-state index in [0.29, 0.717) is 23.8 Å². The van der Waals surface area contributed by atoms with Gasteiger partial charge in [0, 0.05) is 25.6 Å². The second-order valence-corrected chi connectivity index (χ2v) is 13.4. The van der Waals surface area contributed by atoms with Gasteiger partial charge in [0.1, 0.15) is 11.5 Å². The maximum absolute atomic E-state index is 13.7. The quantitative estimate of drug-likeness (QED) is 0.212. The minimum Gasteiger partial charge on any atom is -0.423 e. The molecule has 0 amide bonds. The third kappa shape index (κ3) is 7.88. The summed E-state index contributed by atoms with van der Waals surface area (Å²) in [7, 11) is 4.32. The van der Waals surface area contributed by atoms with E-state index < -0.39 is 0 Å². The molecule has 3 atom stereocenters. The van der Waals surface area contributed by atoms with Gasteiger partial charge in [-0.2, -0.15) is 0 Å². The number of hydrogen-bond acceptors (Lipinski definition) is 5. The number of piperidine rings is 1. The molecule has 5 nitrogen and oxygen atoms in total. The topological polar surface area (TPSA) is 35.8 Å². The van der Waals surface area contributed by atoms with Crippen LogP contribution < -0.4 is 4.90 Å². The Morgan fingerprint density at radius 3 is 2.28 bits per heavy atom. The van der Waals surface area contributed by atoms with E-state index in [4.69, 9.17) is 9.40 Å². The van der Waals surface area contributed by atoms with E-state index in [9.17, 15) is 4.39 Å². The van der Waals surface area contributed by atoms with Crippen molar-refractivity contribution in [1.82, 2.24) is 14.8 Å². The van der Waals surface area contributed by atoms with Crippen LogP contribution in [0.5, 0.6) is 0 Å². The normalized spacial score (nSPS) is 22.7. The molecule has 0 bridgehead atoms. The van der Waals surface area contributed by atoms with Gasteiger partial charge < -0.3 is 14.2 Å². The third-order valence-corrected chi connectivity index (χ3v) is 10.1. The Morgan fingerprint density at radius 1 is 0.953 bits per heavy atom. The Morgan fingerprint density at radius 2 is 1.65 bits per heavy atom. The summed E-state index contributed by atoms with van der Waals surface area (Å²) in [6.07, 6.45) is 9.18. The summed E-state index contributed by atoms with van der Waals surface area (Å²) in [4.78, 5) is 12.6. The van der Waals surface area contributed by atoms with Gasteiger partial charge in [-0.25, -0.2) is 9.37 Å². The fraction of sp³-hybridized carbons (Fsp3) is 0.595. The van der Waals surface area contributed by atoms with Crippen LogP contribution in [0.4, 0.5) is 10.3 Å². The number of hydrogen-bond donors (Lipinski definition) is 0. The van der Waals surface area contributed by atoms with E-state index in [0.717, 1.165) is 56.5 Å². The Labute approximate surface area is 259 Å². The van der Waals surface area contributed by atoms with Crippen molar-refractivity contribution < 1.29 is 8.81 Å². The molecule has 2 aliphatic rings. The van der Waals surface area contributed by atoms with Crippen LogP contribution in [0, 0.1) is 23.6 Å². The maximum Gasteiger partial charge on any atom is 0.220 e. The number of benzene rings is 2. The average Bonchev–Trinajstić information content (AvgIpc) is 3.43. The minimum absolute atomic E-state index is 0.163. The monoisotopic (exact) mass is 588 g/mol. The van der Waals surface area contributed by atoms with Crippen molar-refractivity contribution >= 4 is 5.88 Å². The van der Waals surface area contributed by atoms with Gasteiger partial charge in [0.25, 0.3) is 0 Å². The third-order valence-electron chi connectivity index (χ3n) is 10.1. The van der Waals surface area contributed by atoms with E-state index >= 15 is 0 Å². The number of rotatable bonds is 12. The summed E-state index contributed by atoms with van der Waals surface area (Å²) in [5.74, 6) is 3.63. The van der Waals surface area contributed by atoms with Crippen LogP contribution in [0.1, 0.15) is 101 Å². The molecule has 6 heteroatoms. The molecule has 0 radical (unpaired) electrons. The van der Waals surface area contributed by atoms with Gasteiger partial charge in [0.05, 0.1) is 6.04 Å². The number of anilines is 1. The first kappa shape index (κ1) is 31.7. The molecular formula is C37H53FN4O. The van der Waals surface area contributed by atoms with Crippen molar-refractivity contribution in [2.45, 2.75) is 84.2 Å². The molecule has 3 unspecified atom stereocenters. The number of nitrogens with zero attached hydrogens (tertiary/aromatic N) is 4. The molecule has 0 spiro atoms. The van der Waals surface area contributed by atoms with Gasteiger partial charge in [-0.1, -0.05) is 76.1 Å². The fourth-order valence-corrected chi connectivity index (χ4v) is 7.81. The molecule has 1 aliphatic carbocycles. The predicted octanol–water partition coefficient (Wildman–Crippen LogP) is 8.52. The van der Waals surface area contributed by atoms with Crippen LogP contribution in [-0.4, -0.2) is 55.1 Å². The zero-order valence-corrected chi connectivity index (χ0v) is 27.1. The molecule has 1 aliphatic heterocycles. The van der Waals surface area contributed by atoms with Crippen molar-refractivity contribution in [3.05, 3.63) is 83.1 Å². The Hall–Kier alpha value is -2.70.